The summed E-state index contributed by atoms with van der Waals surface area (Å²) >= 11 is 10.3. The molecule has 0 saturated carbocycles. The molecule has 2 aromatic carbocycles. The van der Waals surface area contributed by atoms with Crippen molar-refractivity contribution in [3.8, 4) is 12.1 Å². The molecule has 0 fully saturated rings. The zero-order valence-corrected chi connectivity index (χ0v) is 18.6. The van der Waals surface area contributed by atoms with Crippen molar-refractivity contribution in [1.29, 1.82) is 10.5 Å². The maximum atomic E-state index is 9.45. The van der Waals surface area contributed by atoms with Gasteiger partial charge in [-0.1, -0.05) is 44.4 Å². The van der Waals surface area contributed by atoms with Crippen LogP contribution in [0.1, 0.15) is 50.7 Å². The van der Waals surface area contributed by atoms with Crippen LogP contribution >= 0.6 is 35.1 Å². The summed E-state index contributed by atoms with van der Waals surface area (Å²) in [5.74, 6) is 2.10. The minimum absolute atomic E-state index is 0.350. The van der Waals surface area contributed by atoms with E-state index < -0.39 is 0 Å². The average Bonchev–Trinajstić information content (AvgIpc) is 2.70. The number of thioether (sulfide) groups is 2. The quantitative estimate of drug-likeness (QED) is 0.311. The maximum absolute atomic E-state index is 9.45. The highest BCUT2D eigenvalue weighted by atomic mass is 35.5. The highest BCUT2D eigenvalue weighted by Gasteiger charge is 2.13. The van der Waals surface area contributed by atoms with Crippen molar-refractivity contribution in [2.75, 3.05) is 16.8 Å². The Morgan fingerprint density at radius 1 is 1.00 bits per heavy atom. The molecule has 0 saturated heterocycles. The lowest BCUT2D eigenvalue weighted by atomic mass is 10.1. The predicted octanol–water partition coefficient (Wildman–Crippen LogP) is 7.61. The van der Waals surface area contributed by atoms with Crippen LogP contribution < -0.4 is 5.32 Å². The number of nitriles is 2. The zero-order valence-electron chi connectivity index (χ0n) is 16.2. The molecule has 0 aromatic heterocycles. The summed E-state index contributed by atoms with van der Waals surface area (Å²) in [5, 5.41) is 22.7. The van der Waals surface area contributed by atoms with Crippen molar-refractivity contribution < 1.29 is 0 Å². The largest absolute Gasteiger partial charge is 0.354 e. The van der Waals surface area contributed by atoms with E-state index in [1.165, 1.54) is 4.90 Å². The van der Waals surface area contributed by atoms with Gasteiger partial charge in [0.1, 0.15) is 12.1 Å². The van der Waals surface area contributed by atoms with Gasteiger partial charge in [0, 0.05) is 15.5 Å². The molecule has 0 bridgehead atoms. The smallest absolute Gasteiger partial charge is 0.103 e. The Hall–Kier alpha value is -1.79. The zero-order chi connectivity index (χ0) is 20.4. The fraction of sp³-hybridized carbons (Fsp3) is 0.364. The molecule has 2 rings (SSSR count). The number of hydrogen-bond acceptors (Lipinski definition) is 5. The second kappa shape index (κ2) is 11.9. The van der Waals surface area contributed by atoms with Crippen molar-refractivity contribution >= 4 is 46.5 Å². The van der Waals surface area contributed by atoms with Gasteiger partial charge in [0.15, 0.2) is 0 Å². The third-order valence-electron chi connectivity index (χ3n) is 4.08. The van der Waals surface area contributed by atoms with Crippen molar-refractivity contribution in [3.63, 3.8) is 0 Å². The molecule has 0 aliphatic carbocycles. The Balaban J connectivity index is 2.35. The molecule has 28 heavy (non-hydrogen) atoms. The molecule has 2 aromatic rings. The summed E-state index contributed by atoms with van der Waals surface area (Å²) in [5.41, 5.74) is 2.16. The number of benzene rings is 2. The van der Waals surface area contributed by atoms with Gasteiger partial charge in [-0.05, 0) is 48.6 Å². The number of hydrogen-bond donors (Lipinski definition) is 1. The second-order valence-corrected chi connectivity index (χ2v) is 8.92. The lowest BCUT2D eigenvalue weighted by Gasteiger charge is -2.15. The molecule has 3 nitrogen and oxygen atoms in total. The molecule has 0 amide bonds. The SMILES string of the molecule is CCCCSc1cc(Nc2cccc(C#N)c2C#N)cc(Cl)c1SCCCC. The molecule has 0 spiro atoms. The Kier molecular flexibility index (Phi) is 9.58. The highest BCUT2D eigenvalue weighted by Crippen LogP contribution is 2.40. The highest BCUT2D eigenvalue weighted by molar-refractivity contribution is 8.02. The number of unbranched alkanes of at least 4 members (excludes halogenated alkanes) is 2. The van der Waals surface area contributed by atoms with E-state index >= 15 is 0 Å². The summed E-state index contributed by atoms with van der Waals surface area (Å²) in [4.78, 5) is 2.30. The van der Waals surface area contributed by atoms with Gasteiger partial charge in [-0.3, -0.25) is 0 Å². The fourth-order valence-corrected chi connectivity index (χ4v) is 5.49. The number of rotatable bonds is 10. The molecule has 6 heteroatoms. The normalized spacial score (nSPS) is 10.3. The Bertz CT molecular complexity index is 885. The molecule has 0 unspecified atom stereocenters. The second-order valence-electron chi connectivity index (χ2n) is 6.27. The van der Waals surface area contributed by atoms with Crippen LogP contribution in [-0.4, -0.2) is 11.5 Å². The minimum atomic E-state index is 0.350. The number of nitrogens with zero attached hydrogens (tertiary/aromatic N) is 2. The van der Waals surface area contributed by atoms with Gasteiger partial charge >= 0.3 is 0 Å². The third kappa shape index (κ3) is 6.11. The van der Waals surface area contributed by atoms with E-state index in [4.69, 9.17) is 11.6 Å². The molecule has 146 valence electrons. The van der Waals surface area contributed by atoms with Crippen LogP contribution in [0.25, 0.3) is 0 Å². The van der Waals surface area contributed by atoms with Gasteiger partial charge in [0.05, 0.1) is 21.8 Å². The Morgan fingerprint density at radius 3 is 2.36 bits per heavy atom. The van der Waals surface area contributed by atoms with Crippen LogP contribution in [0.4, 0.5) is 11.4 Å². The van der Waals surface area contributed by atoms with Crippen LogP contribution in [0.15, 0.2) is 40.1 Å². The number of halogens is 1. The van der Waals surface area contributed by atoms with Crippen molar-refractivity contribution in [1.82, 2.24) is 0 Å². The van der Waals surface area contributed by atoms with Gasteiger partial charge in [-0.15, -0.1) is 23.5 Å². The van der Waals surface area contributed by atoms with Gasteiger partial charge in [-0.2, -0.15) is 10.5 Å². The minimum Gasteiger partial charge on any atom is -0.354 e. The molecule has 1 N–H and O–H groups in total. The molecule has 0 heterocycles. The summed E-state index contributed by atoms with van der Waals surface area (Å²) in [6, 6.07) is 13.4. The standard InChI is InChI=1S/C22H24ClN3S2/c1-3-5-10-27-21-13-17(12-19(23)22(21)28-11-6-4-2)26-20-9-7-8-16(14-24)18(20)15-25/h7-9,12-13,26H,3-6,10-11H2,1-2H3. The van der Waals surface area contributed by atoms with E-state index in [0.717, 1.165) is 52.8 Å². The van der Waals surface area contributed by atoms with Gasteiger partial charge < -0.3 is 5.32 Å². The molecular formula is C22H24ClN3S2. The predicted molar refractivity (Wildman–Crippen MR) is 122 cm³/mol. The number of anilines is 2. The lowest BCUT2D eigenvalue weighted by Crippen LogP contribution is -1.97. The number of nitrogens with one attached hydrogen (secondary N) is 1. The van der Waals surface area contributed by atoms with Crippen molar-refractivity contribution in [2.24, 2.45) is 0 Å². The Labute approximate surface area is 181 Å². The van der Waals surface area contributed by atoms with E-state index in [0.29, 0.717) is 16.8 Å². The average molecular weight is 430 g/mol. The van der Waals surface area contributed by atoms with Crippen molar-refractivity contribution in [2.45, 2.75) is 49.3 Å². The summed E-state index contributed by atoms with van der Waals surface area (Å²) in [6.07, 6.45) is 4.63. The Morgan fingerprint density at radius 2 is 1.71 bits per heavy atom. The van der Waals surface area contributed by atoms with Crippen LogP contribution in [0.3, 0.4) is 0 Å². The first-order chi connectivity index (χ1) is 13.6. The first kappa shape index (κ1) is 22.5. The monoisotopic (exact) mass is 429 g/mol. The third-order valence-corrected chi connectivity index (χ3v) is 6.97. The first-order valence-electron chi connectivity index (χ1n) is 9.43. The first-order valence-corrected chi connectivity index (χ1v) is 11.8. The summed E-state index contributed by atoms with van der Waals surface area (Å²) in [7, 11) is 0. The molecule has 0 aliphatic heterocycles. The summed E-state index contributed by atoms with van der Waals surface area (Å²) in [6.45, 7) is 4.38. The fourth-order valence-electron chi connectivity index (χ4n) is 2.56. The van der Waals surface area contributed by atoms with Crippen molar-refractivity contribution in [3.05, 3.63) is 46.5 Å². The van der Waals surface area contributed by atoms with Gasteiger partial charge in [0.25, 0.3) is 0 Å². The molecular weight excluding hydrogens is 406 g/mol. The van der Waals surface area contributed by atoms with Gasteiger partial charge in [-0.25, -0.2) is 0 Å². The maximum Gasteiger partial charge on any atom is 0.103 e. The van der Waals surface area contributed by atoms with E-state index in [-0.39, 0.29) is 0 Å². The molecule has 0 radical (unpaired) electrons. The lowest BCUT2D eigenvalue weighted by molar-refractivity contribution is 0.893. The van der Waals surface area contributed by atoms with E-state index in [2.05, 4.69) is 37.4 Å². The van der Waals surface area contributed by atoms with E-state index in [1.807, 2.05) is 29.6 Å². The van der Waals surface area contributed by atoms with Crippen LogP contribution in [0, 0.1) is 22.7 Å². The van der Waals surface area contributed by atoms with E-state index in [9.17, 15) is 10.5 Å². The van der Waals surface area contributed by atoms with Crippen LogP contribution in [0.2, 0.25) is 5.02 Å². The van der Waals surface area contributed by atoms with Crippen LogP contribution in [-0.2, 0) is 0 Å². The van der Waals surface area contributed by atoms with Crippen LogP contribution in [0.5, 0.6) is 0 Å². The molecule has 0 atom stereocenters. The molecule has 0 aliphatic rings. The van der Waals surface area contributed by atoms with E-state index in [1.54, 1.807) is 18.2 Å². The van der Waals surface area contributed by atoms with Gasteiger partial charge in [0.2, 0.25) is 0 Å². The summed E-state index contributed by atoms with van der Waals surface area (Å²) < 4.78 is 0. The topological polar surface area (TPSA) is 59.6 Å².